The van der Waals surface area contributed by atoms with Crippen molar-refractivity contribution >= 4 is 40.1 Å². The fraction of sp³-hybridized carbons (Fsp3) is 0.353. The lowest BCUT2D eigenvalue weighted by Crippen LogP contribution is -2.50. The van der Waals surface area contributed by atoms with Crippen molar-refractivity contribution in [3.8, 4) is 45.3 Å². The quantitative estimate of drug-likeness (QED) is 0.101. The second-order valence-corrected chi connectivity index (χ2v) is 18.6. The van der Waals surface area contributed by atoms with Crippen molar-refractivity contribution in [1.82, 2.24) is 74.8 Å². The highest BCUT2D eigenvalue weighted by molar-refractivity contribution is 5.95. The third kappa shape index (κ3) is 9.77. The number of pyridine rings is 2. The first-order chi connectivity index (χ1) is 34.0. The Kier molecular flexibility index (Phi) is 13.0. The lowest BCUT2D eigenvalue weighted by atomic mass is 9.87. The fourth-order valence-corrected chi connectivity index (χ4v) is 9.35. The summed E-state index contributed by atoms with van der Waals surface area (Å²) in [6.07, 6.45) is 17.4. The number of benzene rings is 1. The molecule has 8 aromatic heterocycles. The standard InChI is InChI=1S/C29H31N9O2.C22H26N8/c1-18-13-31-28(33-21-10-9-19(2)38(16-21)29(39)40-17-20-7-5-4-6-8-20)35-26(18)23-14-30-27-22(23)11-12-24(34-27)25-15-32-36-37(25)3;1-13-4-6-15(7-5-13)26-22-24-10-14(2)20(28-22)17-11-23-21-16(17)8-9-18(27-21)19-12-25-29-30(19)3/h4-8,11-15,19,21H,9-10,16-17H2,1-3H3,(H,30,34)(H,31,33,35);8-13,15H,4-7H2,1-3H3,(H,23,27)(H,24,26,28)/t19-,21-;/m0./s1. The van der Waals surface area contributed by atoms with Crippen molar-refractivity contribution in [1.29, 1.82) is 0 Å². The van der Waals surface area contributed by atoms with Gasteiger partial charge in [0.1, 0.15) is 29.3 Å². The molecule has 19 nitrogen and oxygen atoms in total. The zero-order chi connectivity index (χ0) is 48.3. The lowest BCUT2D eigenvalue weighted by Gasteiger charge is -2.37. The number of nitrogens with one attached hydrogen (secondary N) is 4. The molecular formula is C51H57N17O2. The van der Waals surface area contributed by atoms with Crippen LogP contribution < -0.4 is 10.6 Å². The minimum absolute atomic E-state index is 0.00993. The van der Waals surface area contributed by atoms with E-state index in [0.29, 0.717) is 24.5 Å². The number of hydrogen-bond acceptors (Lipinski definition) is 14. The molecule has 358 valence electrons. The number of hydrogen-bond donors (Lipinski definition) is 4. The number of anilines is 2. The Labute approximate surface area is 405 Å². The predicted octanol–water partition coefficient (Wildman–Crippen LogP) is 8.84. The van der Waals surface area contributed by atoms with E-state index in [0.717, 1.165) is 103 Å². The number of likely N-dealkylation sites (tertiary alicyclic amines) is 1. The van der Waals surface area contributed by atoms with Gasteiger partial charge < -0.3 is 30.2 Å². The highest BCUT2D eigenvalue weighted by Crippen LogP contribution is 2.34. The molecule has 2 aliphatic rings. The second-order valence-electron chi connectivity index (χ2n) is 18.6. The summed E-state index contributed by atoms with van der Waals surface area (Å²) >= 11 is 0. The van der Waals surface area contributed by atoms with Gasteiger partial charge in [-0.3, -0.25) is 0 Å². The van der Waals surface area contributed by atoms with Gasteiger partial charge >= 0.3 is 6.09 Å². The highest BCUT2D eigenvalue weighted by Gasteiger charge is 2.31. The molecule has 70 heavy (non-hydrogen) atoms. The van der Waals surface area contributed by atoms with Gasteiger partial charge in [0.15, 0.2) is 0 Å². The number of H-pyrrole nitrogens is 2. The molecule has 1 amide bonds. The summed E-state index contributed by atoms with van der Waals surface area (Å²) in [7, 11) is 3.70. The molecule has 19 heteroatoms. The smallest absolute Gasteiger partial charge is 0.410 e. The topological polar surface area (TPSA) is 224 Å². The number of aromatic nitrogens is 14. The van der Waals surface area contributed by atoms with E-state index in [1.165, 1.54) is 25.7 Å². The van der Waals surface area contributed by atoms with Crippen LogP contribution >= 0.6 is 0 Å². The Morgan fingerprint density at radius 3 is 1.71 bits per heavy atom. The van der Waals surface area contributed by atoms with Crippen molar-refractivity contribution in [2.24, 2.45) is 20.0 Å². The van der Waals surface area contributed by atoms with Crippen LogP contribution in [0.4, 0.5) is 16.7 Å². The molecule has 1 saturated carbocycles. The van der Waals surface area contributed by atoms with E-state index < -0.39 is 0 Å². The van der Waals surface area contributed by atoms with Gasteiger partial charge in [-0.05, 0) is 106 Å². The molecule has 1 aliphatic carbocycles. The molecule has 4 N–H and O–H groups in total. The fourth-order valence-electron chi connectivity index (χ4n) is 9.35. The number of aryl methyl sites for hydroxylation is 4. The zero-order valence-corrected chi connectivity index (χ0v) is 40.3. The first kappa shape index (κ1) is 45.7. The molecule has 11 rings (SSSR count). The maximum atomic E-state index is 12.9. The van der Waals surface area contributed by atoms with Gasteiger partial charge in [-0.25, -0.2) is 44.1 Å². The van der Waals surface area contributed by atoms with E-state index in [2.05, 4.69) is 71.1 Å². The van der Waals surface area contributed by atoms with Crippen molar-refractivity contribution in [2.45, 2.75) is 91.0 Å². The van der Waals surface area contributed by atoms with Crippen molar-refractivity contribution in [3.05, 3.63) is 108 Å². The van der Waals surface area contributed by atoms with Gasteiger partial charge in [-0.1, -0.05) is 47.7 Å². The Morgan fingerprint density at radius 1 is 0.657 bits per heavy atom. The van der Waals surface area contributed by atoms with E-state index >= 15 is 0 Å². The third-order valence-electron chi connectivity index (χ3n) is 13.5. The van der Waals surface area contributed by atoms with E-state index in [1.807, 2.05) is 101 Å². The van der Waals surface area contributed by atoms with E-state index in [4.69, 9.17) is 24.7 Å². The summed E-state index contributed by atoms with van der Waals surface area (Å²) in [6.45, 7) is 9.20. The largest absolute Gasteiger partial charge is 0.445 e. The summed E-state index contributed by atoms with van der Waals surface area (Å²) in [5.74, 6) is 2.05. The van der Waals surface area contributed by atoms with Crippen LogP contribution in [0.15, 0.2) is 91.8 Å². The number of aromatic amines is 2. The van der Waals surface area contributed by atoms with E-state index in [-0.39, 0.29) is 24.8 Å². The Hall–Kier alpha value is -8.09. The summed E-state index contributed by atoms with van der Waals surface area (Å²) in [4.78, 5) is 49.6. The molecule has 9 aromatic rings. The van der Waals surface area contributed by atoms with Crippen LogP contribution in [0.25, 0.3) is 67.4 Å². The minimum atomic E-state index is -0.305. The number of fused-ring (bicyclic) bond motifs is 2. The molecular weight excluding hydrogens is 883 g/mol. The first-order valence-electron chi connectivity index (χ1n) is 23.9. The molecule has 2 fully saturated rings. The van der Waals surface area contributed by atoms with Gasteiger partial charge in [-0.2, -0.15) is 0 Å². The number of amides is 1. The Bertz CT molecular complexity index is 3260. The van der Waals surface area contributed by atoms with Gasteiger partial charge in [0.25, 0.3) is 0 Å². The Morgan fingerprint density at radius 2 is 1.19 bits per heavy atom. The molecule has 1 aromatic carbocycles. The average Bonchev–Trinajstić information content (AvgIpc) is 4.20. The van der Waals surface area contributed by atoms with Gasteiger partial charge in [-0.15, -0.1) is 10.2 Å². The van der Waals surface area contributed by atoms with Crippen LogP contribution in [0.3, 0.4) is 0 Å². The molecule has 0 spiro atoms. The number of carbonyl (C=O) groups excluding carboxylic acids is 1. The monoisotopic (exact) mass is 939 g/mol. The molecule has 0 bridgehead atoms. The minimum Gasteiger partial charge on any atom is -0.445 e. The van der Waals surface area contributed by atoms with Crippen LogP contribution in [-0.4, -0.2) is 106 Å². The SMILES string of the molecule is Cc1cnc(NC2CCC(C)CC2)nc1-c1c[nH]c2nc(-c3cnnn3C)ccc12.Cc1cnc(N[C@H]2CC[C@H](C)N(C(=O)OCc3ccccc3)C2)nc1-c1c[nH]c2nc(-c3cnnn3C)ccc12. The maximum Gasteiger partial charge on any atom is 0.410 e. The van der Waals surface area contributed by atoms with Crippen LogP contribution in [0.2, 0.25) is 0 Å². The van der Waals surface area contributed by atoms with Crippen LogP contribution in [0.1, 0.15) is 69.1 Å². The van der Waals surface area contributed by atoms with Crippen molar-refractivity contribution < 1.29 is 9.53 Å². The summed E-state index contributed by atoms with van der Waals surface area (Å²) in [6, 6.07) is 18.3. The molecule has 0 radical (unpaired) electrons. The maximum absolute atomic E-state index is 12.9. The summed E-state index contributed by atoms with van der Waals surface area (Å²) < 4.78 is 9.02. The molecule has 1 saturated heterocycles. The second kappa shape index (κ2) is 19.9. The third-order valence-corrected chi connectivity index (χ3v) is 13.5. The highest BCUT2D eigenvalue weighted by atomic mass is 16.6. The number of rotatable bonds is 10. The molecule has 0 unspecified atom stereocenters. The number of nitrogens with zero attached hydrogens (tertiary/aromatic N) is 13. The average molecular weight is 940 g/mol. The van der Waals surface area contributed by atoms with Crippen LogP contribution in [0.5, 0.6) is 0 Å². The molecule has 9 heterocycles. The first-order valence-corrected chi connectivity index (χ1v) is 23.9. The Balaban J connectivity index is 0.000000169. The van der Waals surface area contributed by atoms with Gasteiger partial charge in [0, 0.05) is 85.5 Å². The lowest BCUT2D eigenvalue weighted by molar-refractivity contribution is 0.0695. The summed E-state index contributed by atoms with van der Waals surface area (Å²) in [5, 5.41) is 24.9. The van der Waals surface area contributed by atoms with Crippen molar-refractivity contribution in [3.63, 3.8) is 0 Å². The number of carbonyl (C=O) groups is 1. The van der Waals surface area contributed by atoms with Crippen LogP contribution in [0, 0.1) is 19.8 Å². The molecule has 2 atom stereocenters. The predicted molar refractivity (Wildman–Crippen MR) is 268 cm³/mol. The van der Waals surface area contributed by atoms with E-state index in [9.17, 15) is 4.79 Å². The number of piperidine rings is 1. The van der Waals surface area contributed by atoms with Crippen LogP contribution in [-0.2, 0) is 25.4 Å². The van der Waals surface area contributed by atoms with Gasteiger partial charge in [0.2, 0.25) is 11.9 Å². The summed E-state index contributed by atoms with van der Waals surface area (Å²) in [5.41, 5.74) is 11.6. The normalized spacial score (nSPS) is 18.1. The van der Waals surface area contributed by atoms with Gasteiger partial charge in [0.05, 0.1) is 35.2 Å². The van der Waals surface area contributed by atoms with E-state index in [1.54, 1.807) is 26.7 Å². The zero-order valence-electron chi connectivity index (χ0n) is 40.3. The number of ether oxygens (including phenoxy) is 1. The van der Waals surface area contributed by atoms with Crippen molar-refractivity contribution in [2.75, 3.05) is 17.2 Å². The molecule has 1 aliphatic heterocycles.